The summed E-state index contributed by atoms with van der Waals surface area (Å²) < 4.78 is 0. The maximum atomic E-state index is 6.07. The Morgan fingerprint density at radius 3 is 2.53 bits per heavy atom. The molecule has 17 heavy (non-hydrogen) atoms. The Bertz CT molecular complexity index is 380. The fourth-order valence-electron chi connectivity index (χ4n) is 1.51. The molecule has 1 aromatic heterocycles. The SMILES string of the molecule is C=CCN(CC=C)c1ccc(Cl)c(CNC)n1. The molecule has 0 atom stereocenters. The Morgan fingerprint density at radius 2 is 2.00 bits per heavy atom. The van der Waals surface area contributed by atoms with Gasteiger partial charge in [-0.25, -0.2) is 4.98 Å². The number of nitrogens with one attached hydrogen (secondary N) is 1. The second-order valence-electron chi connectivity index (χ2n) is 3.61. The van der Waals surface area contributed by atoms with Gasteiger partial charge in [0.05, 0.1) is 10.7 Å². The van der Waals surface area contributed by atoms with Crippen molar-refractivity contribution in [1.29, 1.82) is 0 Å². The summed E-state index contributed by atoms with van der Waals surface area (Å²) in [6.07, 6.45) is 3.69. The van der Waals surface area contributed by atoms with Crippen molar-refractivity contribution in [2.75, 3.05) is 25.0 Å². The summed E-state index contributed by atoms with van der Waals surface area (Å²) in [6.45, 7) is 9.61. The molecular weight excluding hydrogens is 234 g/mol. The lowest BCUT2D eigenvalue weighted by molar-refractivity contribution is 0.785. The van der Waals surface area contributed by atoms with Crippen molar-refractivity contribution in [3.8, 4) is 0 Å². The third-order valence-electron chi connectivity index (χ3n) is 2.27. The molecule has 0 saturated carbocycles. The first kappa shape index (κ1) is 13.7. The van der Waals surface area contributed by atoms with Gasteiger partial charge in [0, 0.05) is 19.6 Å². The Labute approximate surface area is 108 Å². The summed E-state index contributed by atoms with van der Waals surface area (Å²) in [4.78, 5) is 6.61. The van der Waals surface area contributed by atoms with Gasteiger partial charge in [0.25, 0.3) is 0 Å². The van der Waals surface area contributed by atoms with Crippen molar-refractivity contribution < 1.29 is 0 Å². The molecule has 0 radical (unpaired) electrons. The number of pyridine rings is 1. The number of nitrogens with zero attached hydrogens (tertiary/aromatic N) is 2. The summed E-state index contributed by atoms with van der Waals surface area (Å²) in [6, 6.07) is 3.78. The molecule has 0 amide bonds. The molecular formula is C13H18ClN3. The number of hydrogen-bond donors (Lipinski definition) is 1. The van der Waals surface area contributed by atoms with Gasteiger partial charge >= 0.3 is 0 Å². The fraction of sp³-hybridized carbons (Fsp3) is 0.308. The lowest BCUT2D eigenvalue weighted by Crippen LogP contribution is -2.24. The van der Waals surface area contributed by atoms with Crippen LogP contribution in [0.1, 0.15) is 5.69 Å². The van der Waals surface area contributed by atoms with Gasteiger partial charge in [-0.3, -0.25) is 0 Å². The van der Waals surface area contributed by atoms with E-state index in [0.29, 0.717) is 11.6 Å². The van der Waals surface area contributed by atoms with E-state index in [1.807, 2.05) is 31.3 Å². The molecule has 3 nitrogen and oxygen atoms in total. The minimum absolute atomic E-state index is 0.655. The van der Waals surface area contributed by atoms with Crippen molar-refractivity contribution in [3.05, 3.63) is 48.2 Å². The predicted molar refractivity (Wildman–Crippen MR) is 74.6 cm³/mol. The van der Waals surface area contributed by atoms with E-state index in [9.17, 15) is 0 Å². The quantitative estimate of drug-likeness (QED) is 0.756. The number of anilines is 1. The van der Waals surface area contributed by atoms with Crippen molar-refractivity contribution >= 4 is 17.4 Å². The van der Waals surface area contributed by atoms with Gasteiger partial charge in [-0.2, -0.15) is 0 Å². The van der Waals surface area contributed by atoms with Crippen LogP contribution in [0, 0.1) is 0 Å². The number of rotatable bonds is 7. The minimum Gasteiger partial charge on any atom is -0.349 e. The highest BCUT2D eigenvalue weighted by Gasteiger charge is 2.08. The van der Waals surface area contributed by atoms with Gasteiger partial charge in [0.1, 0.15) is 5.82 Å². The van der Waals surface area contributed by atoms with Crippen LogP contribution in [0.5, 0.6) is 0 Å². The summed E-state index contributed by atoms with van der Waals surface area (Å²) in [5.74, 6) is 0.888. The van der Waals surface area contributed by atoms with Gasteiger partial charge in [0.15, 0.2) is 0 Å². The summed E-state index contributed by atoms with van der Waals surface area (Å²) in [5.41, 5.74) is 0.852. The number of halogens is 1. The maximum absolute atomic E-state index is 6.07. The van der Waals surface area contributed by atoms with E-state index >= 15 is 0 Å². The normalized spacial score (nSPS) is 10.0. The second kappa shape index (κ2) is 7.09. The van der Waals surface area contributed by atoms with E-state index in [0.717, 1.165) is 24.6 Å². The van der Waals surface area contributed by atoms with Gasteiger partial charge in [-0.1, -0.05) is 23.8 Å². The first-order valence-electron chi connectivity index (χ1n) is 5.49. The number of aromatic nitrogens is 1. The molecule has 0 saturated heterocycles. The highest BCUT2D eigenvalue weighted by molar-refractivity contribution is 6.31. The third-order valence-corrected chi connectivity index (χ3v) is 2.62. The van der Waals surface area contributed by atoms with E-state index in [-0.39, 0.29) is 0 Å². The third kappa shape index (κ3) is 3.88. The zero-order chi connectivity index (χ0) is 12.7. The molecule has 0 fully saturated rings. The molecule has 1 aromatic rings. The van der Waals surface area contributed by atoms with Crippen molar-refractivity contribution in [1.82, 2.24) is 10.3 Å². The summed E-state index contributed by atoms with van der Waals surface area (Å²) >= 11 is 6.07. The average Bonchev–Trinajstić information content (AvgIpc) is 2.32. The van der Waals surface area contributed by atoms with Crippen molar-refractivity contribution in [3.63, 3.8) is 0 Å². The van der Waals surface area contributed by atoms with E-state index in [2.05, 4.69) is 28.4 Å². The monoisotopic (exact) mass is 251 g/mol. The van der Waals surface area contributed by atoms with Crippen LogP contribution >= 0.6 is 11.6 Å². The highest BCUT2D eigenvalue weighted by Crippen LogP contribution is 2.19. The van der Waals surface area contributed by atoms with E-state index < -0.39 is 0 Å². The standard InChI is InChI=1S/C13H18ClN3/c1-4-8-17(9-5-2)13-7-6-11(14)12(16-13)10-15-3/h4-7,15H,1-2,8-10H2,3H3. The largest absolute Gasteiger partial charge is 0.349 e. The molecule has 0 aromatic carbocycles. The molecule has 0 bridgehead atoms. The molecule has 0 aliphatic heterocycles. The molecule has 0 unspecified atom stereocenters. The lowest BCUT2D eigenvalue weighted by Gasteiger charge is -2.21. The molecule has 0 aliphatic rings. The van der Waals surface area contributed by atoms with E-state index in [1.54, 1.807) is 0 Å². The van der Waals surface area contributed by atoms with E-state index in [1.165, 1.54) is 0 Å². The summed E-state index contributed by atoms with van der Waals surface area (Å²) in [7, 11) is 1.87. The van der Waals surface area contributed by atoms with Crippen LogP contribution in [0.25, 0.3) is 0 Å². The Balaban J connectivity index is 2.97. The zero-order valence-electron chi connectivity index (χ0n) is 10.1. The Morgan fingerprint density at radius 1 is 1.35 bits per heavy atom. The average molecular weight is 252 g/mol. The molecule has 0 aliphatic carbocycles. The molecule has 0 spiro atoms. The molecule has 1 heterocycles. The van der Waals surface area contributed by atoms with Crippen LogP contribution in [0.15, 0.2) is 37.4 Å². The summed E-state index contributed by atoms with van der Waals surface area (Å²) in [5, 5.41) is 3.73. The first-order chi connectivity index (χ1) is 8.22. The van der Waals surface area contributed by atoms with Gasteiger partial charge < -0.3 is 10.2 Å². The molecule has 92 valence electrons. The fourth-order valence-corrected chi connectivity index (χ4v) is 1.69. The van der Waals surface area contributed by atoms with Crippen LogP contribution in [0.3, 0.4) is 0 Å². The van der Waals surface area contributed by atoms with Crippen molar-refractivity contribution in [2.24, 2.45) is 0 Å². The lowest BCUT2D eigenvalue weighted by atomic mass is 10.3. The van der Waals surface area contributed by atoms with Gasteiger partial charge in [-0.15, -0.1) is 13.2 Å². The maximum Gasteiger partial charge on any atom is 0.129 e. The molecule has 1 N–H and O–H groups in total. The highest BCUT2D eigenvalue weighted by atomic mass is 35.5. The smallest absolute Gasteiger partial charge is 0.129 e. The number of hydrogen-bond acceptors (Lipinski definition) is 3. The predicted octanol–water partition coefficient (Wildman–Crippen LogP) is 2.63. The van der Waals surface area contributed by atoms with Gasteiger partial charge in [-0.05, 0) is 19.2 Å². The second-order valence-corrected chi connectivity index (χ2v) is 4.02. The van der Waals surface area contributed by atoms with Crippen molar-refractivity contribution in [2.45, 2.75) is 6.54 Å². The van der Waals surface area contributed by atoms with E-state index in [4.69, 9.17) is 11.6 Å². The van der Waals surface area contributed by atoms with Crippen LogP contribution in [-0.4, -0.2) is 25.1 Å². The van der Waals surface area contributed by atoms with Gasteiger partial charge in [0.2, 0.25) is 0 Å². The molecule has 4 heteroatoms. The van der Waals surface area contributed by atoms with Crippen LogP contribution in [0.4, 0.5) is 5.82 Å². The minimum atomic E-state index is 0.655. The first-order valence-corrected chi connectivity index (χ1v) is 5.87. The van der Waals surface area contributed by atoms with Crippen LogP contribution in [0.2, 0.25) is 5.02 Å². The Hall–Kier alpha value is -1.32. The zero-order valence-corrected chi connectivity index (χ0v) is 10.9. The topological polar surface area (TPSA) is 28.2 Å². The van der Waals surface area contributed by atoms with Crippen LogP contribution in [-0.2, 0) is 6.54 Å². The Kier molecular flexibility index (Phi) is 5.73. The molecule has 1 rings (SSSR count). The van der Waals surface area contributed by atoms with Crippen LogP contribution < -0.4 is 10.2 Å².